The van der Waals surface area contributed by atoms with E-state index in [0.717, 1.165) is 6.42 Å². The number of likely N-dealkylation sites (N-methyl/N-ethyl adjacent to an activating group) is 1. The lowest BCUT2D eigenvalue weighted by Gasteiger charge is -2.26. The second kappa shape index (κ2) is 8.43. The summed E-state index contributed by atoms with van der Waals surface area (Å²) in [5.74, 6) is -0.568. The molecule has 0 bridgehead atoms. The van der Waals surface area contributed by atoms with Crippen LogP contribution in [0.25, 0.3) is 0 Å². The van der Waals surface area contributed by atoms with Crippen LogP contribution in [0, 0.1) is 17.1 Å². The number of hydrogen-bond donors (Lipinski definition) is 1. The minimum Gasteiger partial charge on any atom is -0.372 e. The van der Waals surface area contributed by atoms with Gasteiger partial charge in [0.1, 0.15) is 5.82 Å². The van der Waals surface area contributed by atoms with Crippen LogP contribution in [0.2, 0.25) is 5.02 Å². The van der Waals surface area contributed by atoms with Crippen LogP contribution in [0.3, 0.4) is 0 Å². The quantitative estimate of drug-likeness (QED) is 0.854. The summed E-state index contributed by atoms with van der Waals surface area (Å²) in [6, 6.07) is 6.14. The van der Waals surface area contributed by atoms with Gasteiger partial charge >= 0.3 is 0 Å². The number of nitriles is 1. The average Bonchev–Trinajstić information content (AvgIpc) is 3.02. The fourth-order valence-electron chi connectivity index (χ4n) is 2.83. The van der Waals surface area contributed by atoms with E-state index in [0.29, 0.717) is 25.1 Å². The van der Waals surface area contributed by atoms with Gasteiger partial charge in [0.15, 0.2) is 0 Å². The molecule has 0 saturated carbocycles. The second-order valence-corrected chi connectivity index (χ2v) is 6.32. The Morgan fingerprint density at radius 3 is 3.04 bits per heavy atom. The molecule has 1 aliphatic heterocycles. The molecular weight excluding hydrogens is 333 g/mol. The van der Waals surface area contributed by atoms with Gasteiger partial charge in [0.05, 0.1) is 29.7 Å². The number of amides is 1. The van der Waals surface area contributed by atoms with Gasteiger partial charge in [-0.1, -0.05) is 17.7 Å². The molecule has 1 saturated heterocycles. The molecule has 0 radical (unpaired) electrons. The SMILES string of the molecule is CC(N[C@@H]1CCO[C@H]1c1ccc(Cl)c(F)c1)C(=O)N(C)CCC#N. The van der Waals surface area contributed by atoms with Gasteiger partial charge < -0.3 is 15.0 Å². The number of hydrogen-bond acceptors (Lipinski definition) is 4. The summed E-state index contributed by atoms with van der Waals surface area (Å²) in [4.78, 5) is 13.8. The summed E-state index contributed by atoms with van der Waals surface area (Å²) in [6.45, 7) is 2.72. The Balaban J connectivity index is 2.01. The zero-order valence-electron chi connectivity index (χ0n) is 13.8. The Labute approximate surface area is 146 Å². The Bertz CT molecular complexity index is 635. The fourth-order valence-corrected chi connectivity index (χ4v) is 2.95. The minimum atomic E-state index is -0.483. The molecule has 3 atom stereocenters. The molecule has 1 unspecified atom stereocenters. The number of carbonyl (C=O) groups is 1. The monoisotopic (exact) mass is 353 g/mol. The molecule has 0 aliphatic carbocycles. The molecule has 2 rings (SSSR count). The van der Waals surface area contributed by atoms with Crippen molar-refractivity contribution in [2.75, 3.05) is 20.2 Å². The molecule has 7 heteroatoms. The van der Waals surface area contributed by atoms with Gasteiger partial charge in [0.2, 0.25) is 5.91 Å². The van der Waals surface area contributed by atoms with Gasteiger partial charge in [0, 0.05) is 26.2 Å². The van der Waals surface area contributed by atoms with Crippen molar-refractivity contribution in [1.82, 2.24) is 10.2 Å². The lowest BCUT2D eigenvalue weighted by atomic mass is 10.0. The third kappa shape index (κ3) is 4.44. The van der Waals surface area contributed by atoms with Crippen LogP contribution in [0.15, 0.2) is 18.2 Å². The van der Waals surface area contributed by atoms with E-state index in [9.17, 15) is 9.18 Å². The maximum Gasteiger partial charge on any atom is 0.239 e. The molecule has 0 spiro atoms. The third-order valence-electron chi connectivity index (χ3n) is 4.13. The highest BCUT2D eigenvalue weighted by Crippen LogP contribution is 2.31. The normalized spacial score (nSPS) is 21.3. The molecule has 130 valence electrons. The van der Waals surface area contributed by atoms with E-state index in [1.165, 1.54) is 17.0 Å². The molecule has 5 nitrogen and oxygen atoms in total. The Morgan fingerprint density at radius 1 is 1.62 bits per heavy atom. The fraction of sp³-hybridized carbons (Fsp3) is 0.529. The van der Waals surface area contributed by atoms with Gasteiger partial charge in [-0.15, -0.1) is 0 Å². The highest BCUT2D eigenvalue weighted by Gasteiger charge is 2.32. The maximum atomic E-state index is 13.7. The standard InChI is InChI=1S/C17H21ClFN3O2/c1-11(17(23)22(2)8-3-7-20)21-15-6-9-24-16(15)12-4-5-13(18)14(19)10-12/h4-5,10-11,15-16,21H,3,6,8-9H2,1-2H3/t11?,15-,16+/m1/s1. The summed E-state index contributed by atoms with van der Waals surface area (Å²) in [5, 5.41) is 11.9. The van der Waals surface area contributed by atoms with Crippen LogP contribution in [0.1, 0.15) is 31.4 Å². The smallest absolute Gasteiger partial charge is 0.239 e. The lowest BCUT2D eigenvalue weighted by molar-refractivity contribution is -0.132. The lowest BCUT2D eigenvalue weighted by Crippen LogP contribution is -2.48. The molecule has 24 heavy (non-hydrogen) atoms. The number of rotatable bonds is 6. The first-order valence-corrected chi connectivity index (χ1v) is 8.26. The third-order valence-corrected chi connectivity index (χ3v) is 4.44. The number of nitrogens with one attached hydrogen (secondary N) is 1. The molecule has 1 heterocycles. The number of halogens is 2. The zero-order chi connectivity index (χ0) is 17.7. The summed E-state index contributed by atoms with van der Waals surface area (Å²) < 4.78 is 19.4. The second-order valence-electron chi connectivity index (χ2n) is 5.92. The van der Waals surface area contributed by atoms with Gasteiger partial charge in [-0.2, -0.15) is 5.26 Å². The van der Waals surface area contributed by atoms with E-state index >= 15 is 0 Å². The topological polar surface area (TPSA) is 65.4 Å². The van der Waals surface area contributed by atoms with E-state index in [2.05, 4.69) is 5.32 Å². The summed E-state index contributed by atoms with van der Waals surface area (Å²) in [7, 11) is 1.68. The Kier molecular flexibility index (Phi) is 6.55. The van der Waals surface area contributed by atoms with E-state index < -0.39 is 11.9 Å². The molecule has 1 aromatic carbocycles. The van der Waals surface area contributed by atoms with E-state index in [4.69, 9.17) is 21.6 Å². The summed E-state index contributed by atoms with van der Waals surface area (Å²) in [6.07, 6.45) is 0.708. The van der Waals surface area contributed by atoms with Gasteiger partial charge in [-0.25, -0.2) is 4.39 Å². The number of benzene rings is 1. The highest BCUT2D eigenvalue weighted by atomic mass is 35.5. The van der Waals surface area contributed by atoms with Crippen molar-refractivity contribution in [3.63, 3.8) is 0 Å². The summed E-state index contributed by atoms with van der Waals surface area (Å²) in [5.41, 5.74) is 0.699. The number of ether oxygens (including phenoxy) is 1. The molecule has 1 aliphatic rings. The van der Waals surface area contributed by atoms with Crippen molar-refractivity contribution in [2.24, 2.45) is 0 Å². The van der Waals surface area contributed by atoms with Crippen LogP contribution in [-0.2, 0) is 9.53 Å². The minimum absolute atomic E-state index is 0.0731. The van der Waals surface area contributed by atoms with E-state index in [1.54, 1.807) is 20.0 Å². The predicted molar refractivity (Wildman–Crippen MR) is 89.0 cm³/mol. The first-order valence-electron chi connectivity index (χ1n) is 7.88. The summed E-state index contributed by atoms with van der Waals surface area (Å²) >= 11 is 5.72. The molecule has 0 aromatic heterocycles. The van der Waals surface area contributed by atoms with Crippen molar-refractivity contribution in [1.29, 1.82) is 5.26 Å². The van der Waals surface area contributed by atoms with Gasteiger partial charge in [0.25, 0.3) is 0 Å². The highest BCUT2D eigenvalue weighted by molar-refractivity contribution is 6.30. The largest absolute Gasteiger partial charge is 0.372 e. The molecular formula is C17H21ClFN3O2. The number of carbonyl (C=O) groups excluding carboxylic acids is 1. The Hall–Kier alpha value is -1.68. The van der Waals surface area contributed by atoms with Crippen molar-refractivity contribution >= 4 is 17.5 Å². The average molecular weight is 354 g/mol. The van der Waals surface area contributed by atoms with Crippen LogP contribution >= 0.6 is 11.6 Å². The van der Waals surface area contributed by atoms with Crippen molar-refractivity contribution in [3.05, 3.63) is 34.6 Å². The van der Waals surface area contributed by atoms with Crippen LogP contribution in [0.4, 0.5) is 4.39 Å². The molecule has 1 fully saturated rings. The van der Waals surface area contributed by atoms with Gasteiger partial charge in [-0.3, -0.25) is 4.79 Å². The maximum absolute atomic E-state index is 13.7. The van der Waals surface area contributed by atoms with Crippen LogP contribution < -0.4 is 5.32 Å². The molecule has 1 aromatic rings. The van der Waals surface area contributed by atoms with E-state index in [-0.39, 0.29) is 23.1 Å². The molecule has 1 N–H and O–H groups in total. The van der Waals surface area contributed by atoms with Crippen LogP contribution in [-0.4, -0.2) is 43.1 Å². The zero-order valence-corrected chi connectivity index (χ0v) is 14.5. The van der Waals surface area contributed by atoms with Crippen molar-refractivity contribution < 1.29 is 13.9 Å². The Morgan fingerprint density at radius 2 is 2.38 bits per heavy atom. The van der Waals surface area contributed by atoms with E-state index in [1.807, 2.05) is 6.07 Å². The van der Waals surface area contributed by atoms with Gasteiger partial charge in [-0.05, 0) is 31.0 Å². The predicted octanol–water partition coefficient (Wildman–Crippen LogP) is 2.66. The first-order chi connectivity index (χ1) is 11.4. The van der Waals surface area contributed by atoms with Crippen LogP contribution in [0.5, 0.6) is 0 Å². The first kappa shape index (κ1) is 18.7. The van der Waals surface area contributed by atoms with Crippen molar-refractivity contribution in [2.45, 2.75) is 38.0 Å². The molecule has 1 amide bonds. The van der Waals surface area contributed by atoms with Crippen molar-refractivity contribution in [3.8, 4) is 6.07 Å². The number of nitrogens with zero attached hydrogens (tertiary/aromatic N) is 2.